The van der Waals surface area contributed by atoms with E-state index in [9.17, 15) is 4.79 Å². The normalized spacial score (nSPS) is 23.0. The largest absolute Gasteiger partial charge is 0.381 e. The van der Waals surface area contributed by atoms with Crippen LogP contribution in [0.15, 0.2) is 30.3 Å². The van der Waals surface area contributed by atoms with Gasteiger partial charge in [-0.15, -0.1) is 0 Å². The molecular weight excluding hydrogens is 276 g/mol. The lowest BCUT2D eigenvalue weighted by atomic mass is 9.91. The molecule has 2 N–H and O–H groups in total. The van der Waals surface area contributed by atoms with Crippen LogP contribution in [-0.4, -0.2) is 37.1 Å². The third-order valence-electron chi connectivity index (χ3n) is 4.82. The number of nitrogens with two attached hydrogens (primary N) is 1. The number of benzene rings is 1. The van der Waals surface area contributed by atoms with Crippen molar-refractivity contribution in [2.45, 2.75) is 56.7 Å². The number of carbonyl (C=O) groups excluding carboxylic acids is 1. The average molecular weight is 304 g/mol. The van der Waals surface area contributed by atoms with Crippen LogP contribution in [0.4, 0.5) is 0 Å². The van der Waals surface area contributed by atoms with Gasteiger partial charge in [0.15, 0.2) is 0 Å². The zero-order valence-electron chi connectivity index (χ0n) is 13.7. The Morgan fingerprint density at radius 1 is 1.27 bits per heavy atom. The van der Waals surface area contributed by atoms with Crippen molar-refractivity contribution in [3.8, 4) is 0 Å². The molecule has 4 heteroatoms. The van der Waals surface area contributed by atoms with Crippen LogP contribution in [0.5, 0.6) is 0 Å². The minimum absolute atomic E-state index is 0.0669. The number of rotatable bonds is 6. The van der Waals surface area contributed by atoms with Crippen LogP contribution >= 0.6 is 0 Å². The lowest BCUT2D eigenvalue weighted by Crippen LogP contribution is -2.40. The van der Waals surface area contributed by atoms with Gasteiger partial charge in [0.1, 0.15) is 0 Å². The van der Waals surface area contributed by atoms with Gasteiger partial charge in [0, 0.05) is 32.7 Å². The van der Waals surface area contributed by atoms with Crippen molar-refractivity contribution in [1.82, 2.24) is 4.90 Å². The van der Waals surface area contributed by atoms with Crippen LogP contribution in [0.2, 0.25) is 0 Å². The molecule has 4 nitrogen and oxygen atoms in total. The van der Waals surface area contributed by atoms with Gasteiger partial charge >= 0.3 is 0 Å². The summed E-state index contributed by atoms with van der Waals surface area (Å²) in [5.41, 5.74) is 7.27. The molecule has 1 amide bonds. The van der Waals surface area contributed by atoms with Crippen LogP contribution in [0.3, 0.4) is 0 Å². The molecule has 2 rings (SSSR count). The summed E-state index contributed by atoms with van der Waals surface area (Å²) in [6.45, 7) is 0. The first-order valence-corrected chi connectivity index (χ1v) is 8.20. The van der Waals surface area contributed by atoms with Crippen molar-refractivity contribution in [2.24, 2.45) is 5.73 Å². The molecule has 0 radical (unpaired) electrons. The maximum Gasteiger partial charge on any atom is 0.222 e. The number of amides is 1. The summed E-state index contributed by atoms with van der Waals surface area (Å²) in [7, 11) is 3.69. The summed E-state index contributed by atoms with van der Waals surface area (Å²) in [5, 5.41) is 0. The third kappa shape index (κ3) is 4.55. The summed E-state index contributed by atoms with van der Waals surface area (Å²) in [6.07, 6.45) is 5.73. The molecule has 1 atom stereocenters. The number of methoxy groups -OCH3 is 1. The molecule has 1 fully saturated rings. The number of hydrogen-bond acceptors (Lipinski definition) is 3. The van der Waals surface area contributed by atoms with Crippen molar-refractivity contribution < 1.29 is 9.53 Å². The Kier molecular flexibility index (Phi) is 6.40. The molecule has 0 aliphatic heterocycles. The first-order chi connectivity index (χ1) is 10.6. The van der Waals surface area contributed by atoms with Gasteiger partial charge in [-0.2, -0.15) is 0 Å². The molecule has 1 aliphatic carbocycles. The second-order valence-electron chi connectivity index (χ2n) is 6.23. The van der Waals surface area contributed by atoms with Crippen LogP contribution in [0.25, 0.3) is 0 Å². The number of nitrogens with zero attached hydrogens (tertiary/aromatic N) is 1. The molecule has 0 saturated heterocycles. The highest BCUT2D eigenvalue weighted by atomic mass is 16.5. The predicted octanol–water partition coefficient (Wildman–Crippen LogP) is 2.88. The van der Waals surface area contributed by atoms with E-state index in [1.54, 1.807) is 7.11 Å². The van der Waals surface area contributed by atoms with Crippen LogP contribution < -0.4 is 5.73 Å². The van der Waals surface area contributed by atoms with Crippen molar-refractivity contribution in [3.05, 3.63) is 35.9 Å². The molecule has 0 heterocycles. The standard InChI is InChI=1S/C18H28N2O2/c1-20(15-8-10-16(22-2)11-9-15)18(21)13-12-17(19)14-6-4-3-5-7-14/h3-7,15-17H,8-13,19H2,1-2H3/t15?,16?,17-/m0/s1. The predicted molar refractivity (Wildman–Crippen MR) is 88.4 cm³/mol. The van der Waals surface area contributed by atoms with Gasteiger partial charge in [0.25, 0.3) is 0 Å². The van der Waals surface area contributed by atoms with Gasteiger partial charge in [-0.25, -0.2) is 0 Å². The zero-order chi connectivity index (χ0) is 15.9. The highest BCUT2D eigenvalue weighted by Crippen LogP contribution is 2.25. The topological polar surface area (TPSA) is 55.6 Å². The van der Waals surface area contributed by atoms with E-state index >= 15 is 0 Å². The minimum Gasteiger partial charge on any atom is -0.381 e. The molecule has 0 spiro atoms. The second kappa shape index (κ2) is 8.30. The highest BCUT2D eigenvalue weighted by Gasteiger charge is 2.26. The van der Waals surface area contributed by atoms with E-state index in [1.165, 1.54) is 0 Å². The molecule has 1 aromatic rings. The zero-order valence-corrected chi connectivity index (χ0v) is 13.7. The first-order valence-electron chi connectivity index (χ1n) is 8.20. The second-order valence-corrected chi connectivity index (χ2v) is 6.23. The lowest BCUT2D eigenvalue weighted by molar-refractivity contribution is -0.133. The monoisotopic (exact) mass is 304 g/mol. The maximum absolute atomic E-state index is 12.4. The van der Waals surface area contributed by atoms with E-state index in [2.05, 4.69) is 0 Å². The summed E-state index contributed by atoms with van der Waals surface area (Å²) in [6, 6.07) is 10.3. The van der Waals surface area contributed by atoms with Gasteiger partial charge < -0.3 is 15.4 Å². The van der Waals surface area contributed by atoms with Crippen molar-refractivity contribution in [2.75, 3.05) is 14.2 Å². The van der Waals surface area contributed by atoms with Crippen LogP contribution in [0.1, 0.15) is 50.1 Å². The molecule has 1 saturated carbocycles. The number of carbonyl (C=O) groups is 1. The fourth-order valence-corrected chi connectivity index (χ4v) is 3.19. The average Bonchev–Trinajstić information content (AvgIpc) is 2.59. The van der Waals surface area contributed by atoms with E-state index in [1.807, 2.05) is 42.3 Å². The molecule has 22 heavy (non-hydrogen) atoms. The van der Waals surface area contributed by atoms with Crippen LogP contribution in [0, 0.1) is 0 Å². The fraction of sp³-hybridized carbons (Fsp3) is 0.611. The van der Waals surface area contributed by atoms with E-state index in [4.69, 9.17) is 10.5 Å². The number of ether oxygens (including phenoxy) is 1. The summed E-state index contributed by atoms with van der Waals surface area (Å²) < 4.78 is 5.39. The van der Waals surface area contributed by atoms with Gasteiger partial charge in [0.05, 0.1) is 6.10 Å². The quantitative estimate of drug-likeness (QED) is 0.879. The summed E-state index contributed by atoms with van der Waals surface area (Å²) in [4.78, 5) is 14.3. The Labute approximate surface area is 133 Å². The first kappa shape index (κ1) is 17.0. The maximum atomic E-state index is 12.4. The molecule has 1 aliphatic rings. The molecule has 122 valence electrons. The van der Waals surface area contributed by atoms with E-state index in [0.29, 0.717) is 25.0 Å². The minimum atomic E-state index is -0.0669. The molecule has 0 unspecified atom stereocenters. The lowest BCUT2D eigenvalue weighted by Gasteiger charge is -2.34. The Bertz CT molecular complexity index is 455. The highest BCUT2D eigenvalue weighted by molar-refractivity contribution is 5.76. The molecule has 0 aromatic heterocycles. The van der Waals surface area contributed by atoms with E-state index in [0.717, 1.165) is 31.2 Å². The Hall–Kier alpha value is -1.39. The van der Waals surface area contributed by atoms with Crippen LogP contribution in [-0.2, 0) is 9.53 Å². The molecular formula is C18H28N2O2. The summed E-state index contributed by atoms with van der Waals surface area (Å²) >= 11 is 0. The fourth-order valence-electron chi connectivity index (χ4n) is 3.19. The third-order valence-corrected chi connectivity index (χ3v) is 4.82. The summed E-state index contributed by atoms with van der Waals surface area (Å²) in [5.74, 6) is 0.201. The van der Waals surface area contributed by atoms with E-state index < -0.39 is 0 Å². The van der Waals surface area contributed by atoms with Gasteiger partial charge in [-0.05, 0) is 37.7 Å². The molecule has 1 aromatic carbocycles. The van der Waals surface area contributed by atoms with E-state index in [-0.39, 0.29) is 11.9 Å². The van der Waals surface area contributed by atoms with Crippen molar-refractivity contribution in [3.63, 3.8) is 0 Å². The number of hydrogen-bond donors (Lipinski definition) is 1. The SMILES string of the molecule is COC1CCC(N(C)C(=O)CC[C@H](N)c2ccccc2)CC1. The Morgan fingerprint density at radius 2 is 1.91 bits per heavy atom. The van der Waals surface area contributed by atoms with Crippen molar-refractivity contribution in [1.29, 1.82) is 0 Å². The van der Waals surface area contributed by atoms with Crippen molar-refractivity contribution >= 4 is 5.91 Å². The van der Waals surface area contributed by atoms with Gasteiger partial charge in [-0.1, -0.05) is 30.3 Å². The Balaban J connectivity index is 1.77. The van der Waals surface area contributed by atoms with Gasteiger partial charge in [-0.3, -0.25) is 4.79 Å². The Morgan fingerprint density at radius 3 is 2.50 bits per heavy atom. The van der Waals surface area contributed by atoms with Gasteiger partial charge in [0.2, 0.25) is 5.91 Å². The smallest absolute Gasteiger partial charge is 0.222 e. The molecule has 0 bridgehead atoms.